The second-order valence-electron chi connectivity index (χ2n) is 8.43. The van der Waals surface area contributed by atoms with E-state index in [4.69, 9.17) is 4.65 Å². The molecular weight excluding hydrogens is 305 g/mol. The van der Waals surface area contributed by atoms with E-state index in [1.54, 1.807) is 4.81 Å². The van der Waals surface area contributed by atoms with E-state index >= 15 is 0 Å². The van der Waals surface area contributed by atoms with Crippen LogP contribution >= 0.6 is 0 Å². The maximum Gasteiger partial charge on any atom is 0.610 e. The van der Waals surface area contributed by atoms with E-state index < -0.39 is 0 Å². The Balaban J connectivity index is 1.61. The quantitative estimate of drug-likeness (QED) is 0.853. The molecule has 2 saturated heterocycles. The van der Waals surface area contributed by atoms with E-state index in [0.29, 0.717) is 12.0 Å². The van der Waals surface area contributed by atoms with Crippen LogP contribution in [-0.2, 0) is 10.3 Å². The number of hydrogen-bond donors (Lipinski definition) is 1. The zero-order chi connectivity index (χ0) is 17.0. The highest BCUT2D eigenvalue weighted by Crippen LogP contribution is 2.49. The molecule has 2 aromatic carbocycles. The van der Waals surface area contributed by atoms with Crippen LogP contribution in [0.2, 0.25) is 0 Å². The molecule has 3 aliphatic rings. The molecule has 2 heterocycles. The average molecular weight is 332 g/mol. The Bertz CT molecular complexity index is 777. The van der Waals surface area contributed by atoms with E-state index in [1.165, 1.54) is 42.4 Å². The lowest BCUT2D eigenvalue weighted by Gasteiger charge is -2.28. The molecule has 5 rings (SSSR count). The molecular formula is C22H27BNO+. The minimum absolute atomic E-state index is 0.0769. The Labute approximate surface area is 151 Å². The van der Waals surface area contributed by atoms with Gasteiger partial charge in [-0.05, 0) is 29.9 Å². The zero-order valence-electron chi connectivity index (χ0n) is 15.2. The highest BCUT2D eigenvalue weighted by Gasteiger charge is 2.69. The molecule has 1 saturated carbocycles. The molecule has 3 heteroatoms. The summed E-state index contributed by atoms with van der Waals surface area (Å²) in [6.45, 7) is 5.84. The number of quaternary nitrogens is 1. The molecule has 128 valence electrons. The topological polar surface area (TPSA) is 13.7 Å². The first kappa shape index (κ1) is 15.7. The second-order valence-corrected chi connectivity index (χ2v) is 8.43. The van der Waals surface area contributed by atoms with Crippen LogP contribution in [0.25, 0.3) is 0 Å². The van der Waals surface area contributed by atoms with Crippen LogP contribution in [0.15, 0.2) is 54.6 Å². The monoisotopic (exact) mass is 332 g/mol. The van der Waals surface area contributed by atoms with Crippen LogP contribution in [-0.4, -0.2) is 19.6 Å². The van der Waals surface area contributed by atoms with Crippen molar-refractivity contribution >= 4 is 12.5 Å². The van der Waals surface area contributed by atoms with Crippen LogP contribution in [0.1, 0.15) is 50.2 Å². The van der Waals surface area contributed by atoms with Gasteiger partial charge in [-0.25, -0.2) is 0 Å². The van der Waals surface area contributed by atoms with Crippen molar-refractivity contribution in [2.24, 2.45) is 5.92 Å². The summed E-state index contributed by atoms with van der Waals surface area (Å²) in [5.41, 5.74) is 4.18. The van der Waals surface area contributed by atoms with Crippen molar-refractivity contribution in [1.82, 2.24) is 0 Å². The number of hydrogen-bond acceptors (Lipinski definition) is 1. The van der Waals surface area contributed by atoms with Gasteiger partial charge >= 0.3 is 7.05 Å². The molecule has 1 aliphatic carbocycles. The third kappa shape index (κ3) is 2.19. The molecule has 2 nitrogen and oxygen atoms in total. The maximum absolute atomic E-state index is 7.03. The van der Waals surface area contributed by atoms with Gasteiger partial charge in [-0.2, -0.15) is 0 Å². The summed E-state index contributed by atoms with van der Waals surface area (Å²) in [4.78, 5) is 1.68. The normalized spacial score (nSPS) is 33.2. The smallest absolute Gasteiger partial charge is 0.368 e. The van der Waals surface area contributed by atoms with Crippen molar-refractivity contribution in [1.29, 1.82) is 0 Å². The summed E-state index contributed by atoms with van der Waals surface area (Å²) >= 11 is 0. The van der Waals surface area contributed by atoms with Crippen LogP contribution in [0.4, 0.5) is 0 Å². The van der Waals surface area contributed by atoms with Gasteiger partial charge in [-0.3, -0.25) is 0 Å². The van der Waals surface area contributed by atoms with Gasteiger partial charge in [0.1, 0.15) is 11.6 Å². The zero-order valence-corrected chi connectivity index (χ0v) is 15.2. The highest BCUT2D eigenvalue weighted by atomic mass is 16.5. The molecule has 4 atom stereocenters. The number of nitrogens with one attached hydrogen (secondary N) is 1. The molecule has 3 fully saturated rings. The summed E-state index contributed by atoms with van der Waals surface area (Å²) < 4.78 is 7.03. The fraction of sp³-hybridized carbons (Fsp3) is 0.455. The van der Waals surface area contributed by atoms with Crippen LogP contribution in [0.3, 0.4) is 0 Å². The largest absolute Gasteiger partial charge is 0.610 e. The fourth-order valence-corrected chi connectivity index (χ4v) is 5.89. The standard InChI is InChI=1S/C22H26BNO/c1-16(2)19-10-6-7-11-20(19)23-24-15-13-17-12-14-22(25-23,21(17)24)18-8-4-3-5-9-18/h3-11,16-17,21H,12-15H2,1-2H3/p+1/t17-,21+,22-/m0/s1. The SMILES string of the molecule is CC(C)c1ccccc1B1O[C@]2(c3ccccc3)CC[C@H]3CC[NH+]1[C@H]32. The molecule has 0 spiro atoms. The van der Waals surface area contributed by atoms with Crippen LogP contribution in [0, 0.1) is 5.92 Å². The van der Waals surface area contributed by atoms with Gasteiger partial charge in [-0.15, -0.1) is 0 Å². The average Bonchev–Trinajstić information content (AvgIpc) is 3.31. The summed E-state index contributed by atoms with van der Waals surface area (Å²) in [5.74, 6) is 1.36. The van der Waals surface area contributed by atoms with Crippen LogP contribution < -0.4 is 10.3 Å². The van der Waals surface area contributed by atoms with Crippen molar-refractivity contribution in [3.63, 3.8) is 0 Å². The fourth-order valence-electron chi connectivity index (χ4n) is 5.89. The van der Waals surface area contributed by atoms with E-state index in [9.17, 15) is 0 Å². The van der Waals surface area contributed by atoms with Gasteiger partial charge in [-0.1, -0.05) is 68.4 Å². The van der Waals surface area contributed by atoms with Crippen LogP contribution in [0.5, 0.6) is 0 Å². The lowest BCUT2D eigenvalue weighted by atomic mass is 9.68. The summed E-state index contributed by atoms with van der Waals surface area (Å²) in [7, 11) is 0.189. The molecule has 0 aromatic heterocycles. The lowest BCUT2D eigenvalue weighted by molar-refractivity contribution is -0.801. The van der Waals surface area contributed by atoms with Gasteiger partial charge in [0.05, 0.1) is 6.54 Å². The molecule has 2 aromatic rings. The summed E-state index contributed by atoms with van der Waals surface area (Å²) in [5, 5.41) is 0. The Morgan fingerprint density at radius 1 is 1.04 bits per heavy atom. The molecule has 0 bridgehead atoms. The predicted molar refractivity (Wildman–Crippen MR) is 102 cm³/mol. The Morgan fingerprint density at radius 2 is 1.80 bits per heavy atom. The van der Waals surface area contributed by atoms with Gasteiger partial charge in [0.15, 0.2) is 0 Å². The van der Waals surface area contributed by atoms with Crippen molar-refractivity contribution in [2.75, 3.05) is 6.54 Å². The second kappa shape index (κ2) is 5.72. The molecule has 2 aliphatic heterocycles. The van der Waals surface area contributed by atoms with E-state index in [2.05, 4.69) is 68.4 Å². The number of rotatable bonds is 3. The van der Waals surface area contributed by atoms with Gasteiger partial charge in [0.25, 0.3) is 0 Å². The minimum atomic E-state index is -0.0769. The highest BCUT2D eigenvalue weighted by molar-refractivity contribution is 6.60. The lowest BCUT2D eigenvalue weighted by Crippen LogP contribution is -3.19. The predicted octanol–water partition coefficient (Wildman–Crippen LogP) is 2.50. The molecule has 0 amide bonds. The molecule has 1 unspecified atom stereocenters. The van der Waals surface area contributed by atoms with Crippen molar-refractivity contribution < 1.29 is 9.47 Å². The first-order chi connectivity index (χ1) is 12.2. The summed E-state index contributed by atoms with van der Waals surface area (Å²) in [6.07, 6.45) is 3.86. The molecule has 1 N–H and O–H groups in total. The first-order valence-electron chi connectivity index (χ1n) is 9.88. The van der Waals surface area contributed by atoms with Crippen molar-refractivity contribution in [2.45, 2.75) is 50.7 Å². The van der Waals surface area contributed by atoms with Crippen molar-refractivity contribution in [3.05, 3.63) is 65.7 Å². The first-order valence-corrected chi connectivity index (χ1v) is 9.88. The minimum Gasteiger partial charge on any atom is -0.368 e. The molecule has 25 heavy (non-hydrogen) atoms. The summed E-state index contributed by atoms with van der Waals surface area (Å²) in [6, 6.07) is 20.6. The van der Waals surface area contributed by atoms with Gasteiger partial charge in [0.2, 0.25) is 0 Å². The van der Waals surface area contributed by atoms with Gasteiger partial charge < -0.3 is 9.47 Å². The Hall–Kier alpha value is -1.58. The Kier molecular flexibility index (Phi) is 3.58. The third-order valence-corrected chi connectivity index (χ3v) is 6.89. The molecule has 0 radical (unpaired) electrons. The maximum atomic E-state index is 7.03. The van der Waals surface area contributed by atoms with E-state index in [0.717, 1.165) is 5.92 Å². The Morgan fingerprint density at radius 3 is 2.60 bits per heavy atom. The number of benzene rings is 2. The van der Waals surface area contributed by atoms with E-state index in [-0.39, 0.29) is 12.7 Å². The van der Waals surface area contributed by atoms with Gasteiger partial charge in [0, 0.05) is 17.8 Å². The van der Waals surface area contributed by atoms with E-state index in [1.807, 2.05) is 0 Å². The third-order valence-electron chi connectivity index (χ3n) is 6.89. The van der Waals surface area contributed by atoms with Crippen molar-refractivity contribution in [3.8, 4) is 0 Å².